The van der Waals surface area contributed by atoms with Gasteiger partial charge in [-0.25, -0.2) is 4.79 Å². The molecular weight excluding hydrogens is 318 g/mol. The number of likely N-dealkylation sites (N-methyl/N-ethyl adjacent to an activating group) is 1. The van der Waals surface area contributed by atoms with Crippen LogP contribution in [-0.2, 0) is 15.1 Å². The molecule has 2 aromatic carbocycles. The Morgan fingerprint density at radius 3 is 2.00 bits per heavy atom. The van der Waals surface area contributed by atoms with Crippen molar-refractivity contribution in [2.45, 2.75) is 12.5 Å². The van der Waals surface area contributed by atoms with Crippen molar-refractivity contribution < 1.29 is 14.4 Å². The van der Waals surface area contributed by atoms with E-state index in [1.807, 2.05) is 36.4 Å². The van der Waals surface area contributed by atoms with E-state index in [4.69, 9.17) is 0 Å². The van der Waals surface area contributed by atoms with E-state index in [1.54, 1.807) is 31.2 Å². The number of hydrogen-bond acceptors (Lipinski definition) is 3. The van der Waals surface area contributed by atoms with Crippen molar-refractivity contribution in [2.24, 2.45) is 0 Å². The van der Waals surface area contributed by atoms with Gasteiger partial charge in [-0.3, -0.25) is 14.5 Å². The molecule has 0 unspecified atom stereocenters. The Labute approximate surface area is 145 Å². The Balaban J connectivity index is 2.06. The highest BCUT2D eigenvalue weighted by atomic mass is 16.2. The number of carbonyl (C=O) groups is 3. The van der Waals surface area contributed by atoms with Crippen LogP contribution in [0.15, 0.2) is 60.7 Å². The van der Waals surface area contributed by atoms with Crippen LogP contribution in [0.2, 0.25) is 0 Å². The van der Waals surface area contributed by atoms with Gasteiger partial charge in [-0.05, 0) is 18.1 Å². The molecule has 0 aromatic heterocycles. The van der Waals surface area contributed by atoms with Crippen molar-refractivity contribution in [3.63, 3.8) is 0 Å². The molecule has 2 N–H and O–H groups in total. The predicted molar refractivity (Wildman–Crippen MR) is 92.6 cm³/mol. The number of urea groups is 1. The molecular formula is C19H19N3O3. The summed E-state index contributed by atoms with van der Waals surface area (Å²) in [5, 5.41) is 5.41. The van der Waals surface area contributed by atoms with Crippen LogP contribution in [0.4, 0.5) is 4.79 Å². The molecule has 0 radical (unpaired) electrons. The third-order valence-electron chi connectivity index (χ3n) is 4.19. The first-order valence-corrected chi connectivity index (χ1v) is 8.11. The maximum atomic E-state index is 13.2. The summed E-state index contributed by atoms with van der Waals surface area (Å²) in [7, 11) is 0. The minimum atomic E-state index is -1.33. The minimum Gasteiger partial charge on any atom is -0.355 e. The Morgan fingerprint density at radius 1 is 1.00 bits per heavy atom. The molecule has 6 heteroatoms. The molecule has 128 valence electrons. The van der Waals surface area contributed by atoms with E-state index in [0.717, 1.165) is 4.90 Å². The third-order valence-corrected chi connectivity index (χ3v) is 4.19. The van der Waals surface area contributed by atoms with Gasteiger partial charge in [0.1, 0.15) is 6.54 Å². The van der Waals surface area contributed by atoms with Crippen molar-refractivity contribution in [2.75, 3.05) is 13.1 Å². The van der Waals surface area contributed by atoms with Gasteiger partial charge in [0.2, 0.25) is 5.91 Å². The Bertz CT molecular complexity index is 751. The second-order valence-electron chi connectivity index (χ2n) is 5.76. The van der Waals surface area contributed by atoms with Crippen molar-refractivity contribution >= 4 is 17.8 Å². The lowest BCUT2D eigenvalue weighted by Crippen LogP contribution is -2.46. The molecule has 0 spiro atoms. The molecule has 3 rings (SSSR count). The molecule has 2 aromatic rings. The molecule has 1 fully saturated rings. The average molecular weight is 337 g/mol. The number of amides is 4. The first kappa shape index (κ1) is 16.7. The maximum absolute atomic E-state index is 13.2. The molecule has 0 atom stereocenters. The lowest BCUT2D eigenvalue weighted by atomic mass is 9.82. The summed E-state index contributed by atoms with van der Waals surface area (Å²) in [6.45, 7) is 1.91. The largest absolute Gasteiger partial charge is 0.355 e. The quantitative estimate of drug-likeness (QED) is 0.814. The zero-order chi connectivity index (χ0) is 17.9. The van der Waals surface area contributed by atoms with Gasteiger partial charge < -0.3 is 10.6 Å². The van der Waals surface area contributed by atoms with Crippen LogP contribution >= 0.6 is 0 Å². The fourth-order valence-corrected chi connectivity index (χ4v) is 3.05. The maximum Gasteiger partial charge on any atom is 0.326 e. The Hall–Kier alpha value is -3.15. The molecule has 1 aliphatic rings. The number of hydrogen-bond donors (Lipinski definition) is 2. The van der Waals surface area contributed by atoms with E-state index >= 15 is 0 Å². The van der Waals surface area contributed by atoms with Gasteiger partial charge in [0.25, 0.3) is 5.91 Å². The summed E-state index contributed by atoms with van der Waals surface area (Å²) in [6, 6.07) is 17.5. The zero-order valence-electron chi connectivity index (χ0n) is 13.9. The normalized spacial score (nSPS) is 15.8. The highest BCUT2D eigenvalue weighted by Gasteiger charge is 2.53. The number of nitrogens with one attached hydrogen (secondary N) is 2. The highest BCUT2D eigenvalue weighted by molar-refractivity contribution is 6.11. The van der Waals surface area contributed by atoms with E-state index in [-0.39, 0.29) is 12.5 Å². The van der Waals surface area contributed by atoms with Crippen molar-refractivity contribution in [3.05, 3.63) is 71.8 Å². The standard InChI is InChI=1S/C19H19N3O3/c1-2-20-16(23)13-22-17(24)19(21-18(22)25,14-9-5-3-6-10-14)15-11-7-4-8-12-15/h3-12H,2,13H2,1H3,(H,20,23)(H,21,25). The van der Waals surface area contributed by atoms with Crippen molar-refractivity contribution in [3.8, 4) is 0 Å². The van der Waals surface area contributed by atoms with E-state index in [1.165, 1.54) is 0 Å². The second kappa shape index (κ2) is 6.76. The monoisotopic (exact) mass is 337 g/mol. The molecule has 0 aliphatic carbocycles. The lowest BCUT2D eigenvalue weighted by Gasteiger charge is -2.27. The fourth-order valence-electron chi connectivity index (χ4n) is 3.05. The lowest BCUT2D eigenvalue weighted by molar-refractivity contribution is -0.134. The Kier molecular flexibility index (Phi) is 4.52. The summed E-state index contributed by atoms with van der Waals surface area (Å²) in [5.41, 5.74) is -0.0255. The average Bonchev–Trinajstić information content (AvgIpc) is 2.89. The topological polar surface area (TPSA) is 78.5 Å². The highest BCUT2D eigenvalue weighted by Crippen LogP contribution is 2.35. The van der Waals surface area contributed by atoms with Crippen LogP contribution in [0.3, 0.4) is 0 Å². The Morgan fingerprint density at radius 2 is 1.52 bits per heavy atom. The molecule has 6 nitrogen and oxygen atoms in total. The van der Waals surface area contributed by atoms with Crippen LogP contribution in [0.5, 0.6) is 0 Å². The third kappa shape index (κ3) is 2.87. The van der Waals surface area contributed by atoms with Crippen LogP contribution in [0.1, 0.15) is 18.1 Å². The van der Waals surface area contributed by atoms with Crippen LogP contribution in [-0.4, -0.2) is 35.8 Å². The first-order chi connectivity index (χ1) is 12.1. The van der Waals surface area contributed by atoms with Gasteiger partial charge in [0, 0.05) is 6.54 Å². The number of benzene rings is 2. The number of rotatable bonds is 5. The molecule has 1 heterocycles. The summed E-state index contributed by atoms with van der Waals surface area (Å²) in [6.07, 6.45) is 0. The van der Waals surface area contributed by atoms with Crippen molar-refractivity contribution in [1.29, 1.82) is 0 Å². The molecule has 1 aliphatic heterocycles. The van der Waals surface area contributed by atoms with Crippen LogP contribution in [0.25, 0.3) is 0 Å². The van der Waals surface area contributed by atoms with Gasteiger partial charge in [0.05, 0.1) is 0 Å². The summed E-state index contributed by atoms with van der Waals surface area (Å²) in [4.78, 5) is 38.6. The number of imide groups is 1. The molecule has 25 heavy (non-hydrogen) atoms. The zero-order valence-corrected chi connectivity index (χ0v) is 13.9. The molecule has 4 amide bonds. The van der Waals surface area contributed by atoms with E-state index in [2.05, 4.69) is 10.6 Å². The summed E-state index contributed by atoms with van der Waals surface area (Å²) in [5.74, 6) is -0.830. The number of nitrogens with zero attached hydrogens (tertiary/aromatic N) is 1. The minimum absolute atomic E-state index is 0.306. The van der Waals surface area contributed by atoms with Crippen molar-refractivity contribution in [1.82, 2.24) is 15.5 Å². The van der Waals surface area contributed by atoms with Gasteiger partial charge >= 0.3 is 6.03 Å². The fraction of sp³-hybridized carbons (Fsp3) is 0.211. The molecule has 0 bridgehead atoms. The molecule has 1 saturated heterocycles. The van der Waals surface area contributed by atoms with Gasteiger partial charge in [0.15, 0.2) is 5.54 Å². The molecule has 0 saturated carbocycles. The van der Waals surface area contributed by atoms with E-state index < -0.39 is 17.5 Å². The van der Waals surface area contributed by atoms with Crippen LogP contribution in [0, 0.1) is 0 Å². The van der Waals surface area contributed by atoms with Gasteiger partial charge in [-0.1, -0.05) is 60.7 Å². The smallest absolute Gasteiger partial charge is 0.326 e. The van der Waals surface area contributed by atoms with Gasteiger partial charge in [-0.2, -0.15) is 0 Å². The van der Waals surface area contributed by atoms with Crippen LogP contribution < -0.4 is 10.6 Å². The van der Waals surface area contributed by atoms with E-state index in [9.17, 15) is 14.4 Å². The van der Waals surface area contributed by atoms with E-state index in [0.29, 0.717) is 17.7 Å². The second-order valence-corrected chi connectivity index (χ2v) is 5.76. The first-order valence-electron chi connectivity index (χ1n) is 8.11. The SMILES string of the molecule is CCNC(=O)CN1C(=O)NC(c2ccccc2)(c2ccccc2)C1=O. The predicted octanol–water partition coefficient (Wildman–Crippen LogP) is 1.62. The summed E-state index contributed by atoms with van der Waals surface area (Å²) >= 11 is 0. The number of carbonyl (C=O) groups excluding carboxylic acids is 3. The summed E-state index contributed by atoms with van der Waals surface area (Å²) < 4.78 is 0. The van der Waals surface area contributed by atoms with Gasteiger partial charge in [-0.15, -0.1) is 0 Å².